The monoisotopic (exact) mass is 437 g/mol. The summed E-state index contributed by atoms with van der Waals surface area (Å²) < 4.78 is 27.5. The van der Waals surface area contributed by atoms with Gasteiger partial charge in [-0.05, 0) is 30.2 Å². The van der Waals surface area contributed by atoms with Crippen LogP contribution in [0.5, 0.6) is 0 Å². The first-order chi connectivity index (χ1) is 13.5. The number of thiophene rings is 1. The largest absolute Gasteiger partial charge is 0.359 e. The molecule has 144 valence electrons. The molecule has 3 N–H and O–H groups in total. The highest BCUT2D eigenvalue weighted by molar-refractivity contribution is 7.26. The van der Waals surface area contributed by atoms with E-state index in [1.165, 1.54) is 23.5 Å². The molecule has 1 atom stereocenters. The van der Waals surface area contributed by atoms with Gasteiger partial charge in [-0.3, -0.25) is 4.98 Å². The molecular weight excluding hydrogens is 424 g/mol. The van der Waals surface area contributed by atoms with Crippen LogP contribution in [0.15, 0.2) is 36.7 Å². The summed E-state index contributed by atoms with van der Waals surface area (Å²) in [6.45, 7) is 0.398. The van der Waals surface area contributed by atoms with Crippen molar-refractivity contribution in [2.75, 3.05) is 11.9 Å². The molecule has 0 radical (unpaired) electrons. The van der Waals surface area contributed by atoms with Gasteiger partial charge in [0.15, 0.2) is 5.01 Å². The number of rotatable bonds is 6. The van der Waals surface area contributed by atoms with Crippen molar-refractivity contribution in [3.63, 3.8) is 0 Å². The maximum Gasteiger partial charge on any atom is 0.206 e. The normalized spacial score (nSPS) is 12.4. The molecular formula is C18H14ClF2N5S2. The number of aromatic nitrogens is 3. The lowest BCUT2D eigenvalue weighted by Gasteiger charge is -2.12. The van der Waals surface area contributed by atoms with Crippen LogP contribution in [-0.4, -0.2) is 27.8 Å². The Bertz CT molecular complexity index is 1110. The first-order valence-electron chi connectivity index (χ1n) is 8.29. The minimum Gasteiger partial charge on any atom is -0.359 e. The summed E-state index contributed by atoms with van der Waals surface area (Å²) in [5, 5.41) is 14.4. The molecule has 1 aromatic carbocycles. The lowest BCUT2D eigenvalue weighted by atomic mass is 10.1. The van der Waals surface area contributed by atoms with E-state index in [4.69, 9.17) is 17.3 Å². The molecule has 5 nitrogen and oxygen atoms in total. The number of nitrogens with two attached hydrogens (primary N) is 1. The fourth-order valence-corrected chi connectivity index (χ4v) is 4.86. The summed E-state index contributed by atoms with van der Waals surface area (Å²) in [6, 6.07) is 5.05. The molecule has 3 aromatic heterocycles. The number of halogens is 3. The summed E-state index contributed by atoms with van der Waals surface area (Å²) >= 11 is 9.11. The van der Waals surface area contributed by atoms with Crippen LogP contribution in [0.4, 0.5) is 13.9 Å². The van der Waals surface area contributed by atoms with Crippen LogP contribution in [0.25, 0.3) is 20.0 Å². The molecule has 0 aliphatic heterocycles. The predicted octanol–water partition coefficient (Wildman–Crippen LogP) is 4.73. The van der Waals surface area contributed by atoms with Crippen LogP contribution < -0.4 is 11.1 Å². The molecule has 0 aliphatic carbocycles. The maximum absolute atomic E-state index is 13.3. The molecule has 0 bridgehead atoms. The van der Waals surface area contributed by atoms with Crippen LogP contribution in [-0.2, 0) is 6.42 Å². The smallest absolute Gasteiger partial charge is 0.206 e. The summed E-state index contributed by atoms with van der Waals surface area (Å²) in [4.78, 5) is 5.05. The molecule has 10 heteroatoms. The fraction of sp³-hybridized carbons (Fsp3) is 0.167. The molecule has 0 spiro atoms. The second kappa shape index (κ2) is 8.04. The van der Waals surface area contributed by atoms with Gasteiger partial charge in [0.1, 0.15) is 11.6 Å². The van der Waals surface area contributed by atoms with Gasteiger partial charge in [-0.15, -0.1) is 21.5 Å². The van der Waals surface area contributed by atoms with Crippen LogP contribution in [0.1, 0.15) is 5.56 Å². The highest BCUT2D eigenvalue weighted by Crippen LogP contribution is 2.38. The van der Waals surface area contributed by atoms with E-state index < -0.39 is 11.6 Å². The number of hydrogen-bond acceptors (Lipinski definition) is 7. The topological polar surface area (TPSA) is 76.7 Å². The Morgan fingerprint density at radius 2 is 1.86 bits per heavy atom. The quantitative estimate of drug-likeness (QED) is 0.456. The van der Waals surface area contributed by atoms with E-state index in [0.29, 0.717) is 28.7 Å². The zero-order valence-corrected chi connectivity index (χ0v) is 16.7. The summed E-state index contributed by atoms with van der Waals surface area (Å²) in [5.74, 6) is -1.22. The first kappa shape index (κ1) is 19.1. The maximum atomic E-state index is 13.3. The molecule has 0 fully saturated rings. The Morgan fingerprint density at radius 3 is 2.61 bits per heavy atom. The zero-order chi connectivity index (χ0) is 19.7. The van der Waals surface area contributed by atoms with E-state index in [0.717, 1.165) is 26.0 Å². The third-order valence-corrected chi connectivity index (χ3v) is 6.39. The zero-order valence-electron chi connectivity index (χ0n) is 14.3. The molecule has 0 aliphatic rings. The average Bonchev–Trinajstić information content (AvgIpc) is 3.26. The minimum absolute atomic E-state index is 0.331. The Morgan fingerprint density at radius 1 is 1.07 bits per heavy atom. The van der Waals surface area contributed by atoms with Crippen molar-refractivity contribution in [1.82, 2.24) is 15.2 Å². The molecule has 1 unspecified atom stereocenters. The van der Waals surface area contributed by atoms with E-state index in [-0.39, 0.29) is 6.04 Å². The lowest BCUT2D eigenvalue weighted by Crippen LogP contribution is -2.31. The molecule has 3 heterocycles. The standard InChI is InChI=1S/C18H14ClF2N5S2/c19-14-7-23-8-16-13(14)5-15(27-16)17-25-26-18(28-17)24-6-12(22)3-9-1-10(20)4-11(21)2-9/h1-2,4-5,7-8,12H,3,6,22H2,(H,24,26). The third kappa shape index (κ3) is 4.27. The van der Waals surface area contributed by atoms with Gasteiger partial charge in [-0.1, -0.05) is 22.9 Å². The number of anilines is 1. The Hall–Kier alpha value is -2.20. The van der Waals surface area contributed by atoms with Crippen molar-refractivity contribution < 1.29 is 8.78 Å². The molecule has 28 heavy (non-hydrogen) atoms. The molecule has 4 aromatic rings. The van der Waals surface area contributed by atoms with E-state index in [9.17, 15) is 8.78 Å². The van der Waals surface area contributed by atoms with E-state index in [1.54, 1.807) is 23.7 Å². The average molecular weight is 438 g/mol. The van der Waals surface area contributed by atoms with Crippen molar-refractivity contribution >= 4 is 49.5 Å². The van der Waals surface area contributed by atoms with Gasteiger partial charge in [-0.2, -0.15) is 0 Å². The molecule has 0 saturated carbocycles. The SMILES string of the molecule is NC(CNc1nnc(-c2cc3c(Cl)cncc3s2)s1)Cc1cc(F)cc(F)c1. The number of pyridine rings is 1. The second-order valence-corrected chi connectivity index (χ2v) is 8.65. The Balaban J connectivity index is 1.41. The van der Waals surface area contributed by atoms with E-state index in [2.05, 4.69) is 20.5 Å². The number of nitrogens with one attached hydrogen (secondary N) is 1. The molecule has 0 amide bonds. The summed E-state index contributed by atoms with van der Waals surface area (Å²) in [6.07, 6.45) is 3.72. The van der Waals surface area contributed by atoms with Crippen LogP contribution in [0.3, 0.4) is 0 Å². The van der Waals surface area contributed by atoms with Crippen molar-refractivity contribution in [3.05, 3.63) is 58.9 Å². The van der Waals surface area contributed by atoms with Crippen molar-refractivity contribution in [1.29, 1.82) is 0 Å². The Kier molecular flexibility index (Phi) is 5.49. The van der Waals surface area contributed by atoms with Crippen molar-refractivity contribution in [2.45, 2.75) is 12.5 Å². The van der Waals surface area contributed by atoms with Gasteiger partial charge in [0.05, 0.1) is 14.6 Å². The van der Waals surface area contributed by atoms with E-state index in [1.807, 2.05) is 6.07 Å². The summed E-state index contributed by atoms with van der Waals surface area (Å²) in [5.41, 5.74) is 6.58. The number of benzene rings is 1. The highest BCUT2D eigenvalue weighted by Gasteiger charge is 2.13. The third-order valence-electron chi connectivity index (χ3n) is 3.97. The van der Waals surface area contributed by atoms with E-state index >= 15 is 0 Å². The first-order valence-corrected chi connectivity index (χ1v) is 10.3. The molecule has 4 rings (SSSR count). The van der Waals surface area contributed by atoms with Crippen LogP contribution in [0.2, 0.25) is 5.02 Å². The molecule has 0 saturated heterocycles. The van der Waals surface area contributed by atoms with Gasteiger partial charge in [-0.25, -0.2) is 8.78 Å². The van der Waals surface area contributed by atoms with Gasteiger partial charge in [0, 0.05) is 36.4 Å². The lowest BCUT2D eigenvalue weighted by molar-refractivity contribution is 0.576. The van der Waals surface area contributed by atoms with Crippen LogP contribution in [0, 0.1) is 11.6 Å². The van der Waals surface area contributed by atoms with Crippen LogP contribution >= 0.6 is 34.3 Å². The number of nitrogens with zero attached hydrogens (tertiary/aromatic N) is 3. The number of hydrogen-bond donors (Lipinski definition) is 2. The van der Waals surface area contributed by atoms with Crippen molar-refractivity contribution in [3.8, 4) is 9.88 Å². The van der Waals surface area contributed by atoms with Gasteiger partial charge in [0.2, 0.25) is 5.13 Å². The minimum atomic E-state index is -0.609. The van der Waals surface area contributed by atoms with Gasteiger partial charge in [0.25, 0.3) is 0 Å². The highest BCUT2D eigenvalue weighted by atomic mass is 35.5. The summed E-state index contributed by atoms with van der Waals surface area (Å²) in [7, 11) is 0. The van der Waals surface area contributed by atoms with Gasteiger partial charge >= 0.3 is 0 Å². The van der Waals surface area contributed by atoms with Gasteiger partial charge < -0.3 is 11.1 Å². The van der Waals surface area contributed by atoms with Crippen molar-refractivity contribution in [2.24, 2.45) is 5.73 Å². The number of fused-ring (bicyclic) bond motifs is 1. The Labute approximate surface area is 172 Å². The predicted molar refractivity (Wildman–Crippen MR) is 110 cm³/mol. The second-order valence-electron chi connectivity index (χ2n) is 6.18. The fourth-order valence-electron chi connectivity index (χ4n) is 2.75.